The van der Waals surface area contributed by atoms with Gasteiger partial charge in [0, 0.05) is 42.3 Å². The number of aromatic nitrogens is 1. The minimum atomic E-state index is -0.507. The minimum Gasteiger partial charge on any atom is -0.380 e. The van der Waals surface area contributed by atoms with Crippen LogP contribution in [-0.4, -0.2) is 30.0 Å². The van der Waals surface area contributed by atoms with Gasteiger partial charge in [-0.2, -0.15) is 0 Å². The summed E-state index contributed by atoms with van der Waals surface area (Å²) in [6, 6.07) is 14.1. The first-order chi connectivity index (χ1) is 12.6. The average molecular weight is 350 g/mol. The molecule has 0 bridgehead atoms. The summed E-state index contributed by atoms with van der Waals surface area (Å²) in [5, 5.41) is 7.65. The number of anilines is 1. The lowest BCUT2D eigenvalue weighted by molar-refractivity contribution is 0.100. The fourth-order valence-corrected chi connectivity index (χ4v) is 3.63. The monoisotopic (exact) mass is 350 g/mol. The van der Waals surface area contributed by atoms with Gasteiger partial charge in [0.1, 0.15) is 5.82 Å². The third kappa shape index (κ3) is 2.88. The SMILES string of the molecule is NC(=O)c1cccc2c(NC3CNCC3c3ccccc3F)ccnc12. The number of carbonyl (C=O) groups excluding carboxylic acids is 1. The number of para-hydroxylation sites is 1. The molecule has 0 radical (unpaired) electrons. The molecule has 26 heavy (non-hydrogen) atoms. The van der Waals surface area contributed by atoms with Gasteiger partial charge in [0.05, 0.1) is 11.1 Å². The standard InChI is InChI=1S/C20H19FN4O/c21-16-7-2-1-4-12(16)15-10-23-11-18(15)25-17-8-9-24-19-13(17)5-3-6-14(19)20(22)26/h1-9,15,18,23H,10-11H2,(H2,22,26)(H,24,25). The van der Waals surface area contributed by atoms with Crippen LogP contribution in [0.25, 0.3) is 10.9 Å². The van der Waals surface area contributed by atoms with Crippen LogP contribution in [0, 0.1) is 5.82 Å². The van der Waals surface area contributed by atoms with Crippen molar-refractivity contribution >= 4 is 22.5 Å². The highest BCUT2D eigenvalue weighted by Gasteiger charge is 2.30. The van der Waals surface area contributed by atoms with Gasteiger partial charge < -0.3 is 16.4 Å². The summed E-state index contributed by atoms with van der Waals surface area (Å²) >= 11 is 0. The Hall–Kier alpha value is -2.99. The Morgan fingerprint density at radius 2 is 2.00 bits per heavy atom. The molecule has 5 nitrogen and oxygen atoms in total. The van der Waals surface area contributed by atoms with Gasteiger partial charge in [0.15, 0.2) is 0 Å². The molecule has 0 spiro atoms. The summed E-state index contributed by atoms with van der Waals surface area (Å²) in [6.45, 7) is 1.42. The van der Waals surface area contributed by atoms with E-state index in [0.717, 1.165) is 17.6 Å². The Morgan fingerprint density at radius 3 is 2.81 bits per heavy atom. The number of hydrogen-bond donors (Lipinski definition) is 3. The zero-order chi connectivity index (χ0) is 18.1. The third-order valence-corrected chi connectivity index (χ3v) is 4.90. The van der Waals surface area contributed by atoms with Crippen molar-refractivity contribution in [1.82, 2.24) is 10.3 Å². The lowest BCUT2D eigenvalue weighted by Gasteiger charge is -2.23. The summed E-state index contributed by atoms with van der Waals surface area (Å²) in [6.07, 6.45) is 1.65. The van der Waals surface area contributed by atoms with Crippen LogP contribution < -0.4 is 16.4 Å². The third-order valence-electron chi connectivity index (χ3n) is 4.90. The van der Waals surface area contributed by atoms with Crippen molar-refractivity contribution < 1.29 is 9.18 Å². The number of rotatable bonds is 4. The van der Waals surface area contributed by atoms with Crippen molar-refractivity contribution in [2.45, 2.75) is 12.0 Å². The Bertz CT molecular complexity index is 975. The highest BCUT2D eigenvalue weighted by molar-refractivity contribution is 6.07. The van der Waals surface area contributed by atoms with E-state index in [4.69, 9.17) is 5.73 Å². The van der Waals surface area contributed by atoms with E-state index in [-0.39, 0.29) is 17.8 Å². The van der Waals surface area contributed by atoms with E-state index >= 15 is 0 Å². The maximum atomic E-state index is 14.2. The van der Waals surface area contributed by atoms with Crippen molar-refractivity contribution in [2.24, 2.45) is 5.73 Å². The molecule has 1 fully saturated rings. The molecular formula is C20H19FN4O. The first kappa shape index (κ1) is 16.5. The van der Waals surface area contributed by atoms with Crippen molar-refractivity contribution in [3.05, 3.63) is 71.7 Å². The normalized spacial score (nSPS) is 19.6. The van der Waals surface area contributed by atoms with Crippen molar-refractivity contribution in [2.75, 3.05) is 18.4 Å². The molecule has 0 saturated carbocycles. The van der Waals surface area contributed by atoms with Gasteiger partial charge in [-0.3, -0.25) is 9.78 Å². The fraction of sp³-hybridized carbons (Fsp3) is 0.200. The van der Waals surface area contributed by atoms with Gasteiger partial charge >= 0.3 is 0 Å². The molecule has 2 atom stereocenters. The van der Waals surface area contributed by atoms with E-state index in [9.17, 15) is 9.18 Å². The number of carbonyl (C=O) groups is 1. The van der Waals surface area contributed by atoms with Crippen LogP contribution in [0.15, 0.2) is 54.7 Å². The lowest BCUT2D eigenvalue weighted by Crippen LogP contribution is -2.27. The second-order valence-electron chi connectivity index (χ2n) is 6.46. The predicted molar refractivity (Wildman–Crippen MR) is 99.7 cm³/mol. The predicted octanol–water partition coefficient (Wildman–Crippen LogP) is 2.64. The van der Waals surface area contributed by atoms with Crippen molar-refractivity contribution in [1.29, 1.82) is 0 Å². The smallest absolute Gasteiger partial charge is 0.250 e. The molecule has 132 valence electrons. The summed E-state index contributed by atoms with van der Waals surface area (Å²) in [4.78, 5) is 16.0. The van der Waals surface area contributed by atoms with Gasteiger partial charge in [-0.1, -0.05) is 30.3 Å². The molecule has 2 aromatic carbocycles. The molecule has 3 aromatic rings. The minimum absolute atomic E-state index is 0.0127. The van der Waals surface area contributed by atoms with Gasteiger partial charge in [-0.25, -0.2) is 4.39 Å². The molecule has 1 aliphatic rings. The first-order valence-electron chi connectivity index (χ1n) is 8.54. The topological polar surface area (TPSA) is 80.0 Å². The Kier molecular flexibility index (Phi) is 4.26. The van der Waals surface area contributed by atoms with Gasteiger partial charge in [0.25, 0.3) is 5.91 Å². The number of primary amides is 1. The summed E-state index contributed by atoms with van der Waals surface area (Å²) in [5.74, 6) is -0.686. The maximum absolute atomic E-state index is 14.2. The Morgan fingerprint density at radius 1 is 1.15 bits per heavy atom. The zero-order valence-corrected chi connectivity index (χ0v) is 14.1. The number of halogens is 1. The second kappa shape index (κ2) is 6.72. The zero-order valence-electron chi connectivity index (χ0n) is 14.1. The molecule has 1 amide bonds. The van der Waals surface area contributed by atoms with Crippen LogP contribution in [0.1, 0.15) is 21.8 Å². The number of benzene rings is 2. The molecule has 2 unspecified atom stereocenters. The number of amides is 1. The molecule has 4 rings (SSSR count). The lowest BCUT2D eigenvalue weighted by atomic mass is 9.93. The molecular weight excluding hydrogens is 331 g/mol. The van der Waals surface area contributed by atoms with E-state index in [1.165, 1.54) is 6.07 Å². The number of hydrogen-bond acceptors (Lipinski definition) is 4. The largest absolute Gasteiger partial charge is 0.380 e. The van der Waals surface area contributed by atoms with Crippen molar-refractivity contribution in [3.8, 4) is 0 Å². The van der Waals surface area contributed by atoms with Gasteiger partial charge in [-0.15, -0.1) is 0 Å². The Balaban J connectivity index is 1.70. The van der Waals surface area contributed by atoms with E-state index in [1.807, 2.05) is 24.3 Å². The summed E-state index contributed by atoms with van der Waals surface area (Å²) in [5.41, 5.74) is 7.97. The van der Waals surface area contributed by atoms with Gasteiger partial charge in [0.2, 0.25) is 0 Å². The summed E-state index contributed by atoms with van der Waals surface area (Å²) < 4.78 is 14.2. The van der Waals surface area contributed by atoms with Crippen LogP contribution in [-0.2, 0) is 0 Å². The van der Waals surface area contributed by atoms with Crippen LogP contribution in [0.4, 0.5) is 10.1 Å². The van der Waals surface area contributed by atoms with E-state index in [0.29, 0.717) is 23.2 Å². The second-order valence-corrected chi connectivity index (χ2v) is 6.46. The van der Waals surface area contributed by atoms with Crippen LogP contribution in [0.5, 0.6) is 0 Å². The number of fused-ring (bicyclic) bond motifs is 1. The van der Waals surface area contributed by atoms with Gasteiger partial charge in [-0.05, 0) is 23.8 Å². The summed E-state index contributed by atoms with van der Waals surface area (Å²) in [7, 11) is 0. The number of nitrogens with zero attached hydrogens (tertiary/aromatic N) is 1. The Labute approximate surface area is 150 Å². The van der Waals surface area contributed by atoms with Crippen LogP contribution in [0.3, 0.4) is 0 Å². The highest BCUT2D eigenvalue weighted by atomic mass is 19.1. The van der Waals surface area contributed by atoms with Crippen LogP contribution >= 0.6 is 0 Å². The quantitative estimate of drug-likeness (QED) is 0.676. The number of nitrogens with one attached hydrogen (secondary N) is 2. The van der Waals surface area contributed by atoms with Crippen LogP contribution in [0.2, 0.25) is 0 Å². The molecule has 6 heteroatoms. The highest BCUT2D eigenvalue weighted by Crippen LogP contribution is 2.30. The number of nitrogens with two attached hydrogens (primary N) is 1. The maximum Gasteiger partial charge on any atom is 0.250 e. The molecule has 1 aliphatic heterocycles. The van der Waals surface area contributed by atoms with E-state index < -0.39 is 5.91 Å². The van der Waals surface area contributed by atoms with E-state index in [1.54, 1.807) is 24.4 Å². The molecule has 1 aromatic heterocycles. The average Bonchev–Trinajstić information content (AvgIpc) is 3.10. The molecule has 4 N–H and O–H groups in total. The molecule has 0 aliphatic carbocycles. The molecule has 1 saturated heterocycles. The number of pyridine rings is 1. The molecule has 2 heterocycles. The fourth-order valence-electron chi connectivity index (χ4n) is 3.63. The van der Waals surface area contributed by atoms with E-state index in [2.05, 4.69) is 15.6 Å². The van der Waals surface area contributed by atoms with Crippen molar-refractivity contribution in [3.63, 3.8) is 0 Å². The first-order valence-corrected chi connectivity index (χ1v) is 8.54.